The van der Waals surface area contributed by atoms with Crippen LogP contribution in [0.15, 0.2) is 30.5 Å². The van der Waals surface area contributed by atoms with Crippen LogP contribution in [0.1, 0.15) is 5.56 Å². The summed E-state index contributed by atoms with van der Waals surface area (Å²) in [5, 5.41) is 22.4. The molecule has 0 fully saturated rings. The predicted molar refractivity (Wildman–Crippen MR) is 95.9 cm³/mol. The summed E-state index contributed by atoms with van der Waals surface area (Å²) in [6.45, 7) is 0. The van der Waals surface area contributed by atoms with Crippen LogP contribution in [-0.4, -0.2) is 24.3 Å². The Morgan fingerprint density at radius 1 is 1.19 bits per heavy atom. The van der Waals surface area contributed by atoms with Gasteiger partial charge in [-0.15, -0.1) is 0 Å². The van der Waals surface area contributed by atoms with Gasteiger partial charge in [0.25, 0.3) is 0 Å². The Morgan fingerprint density at radius 3 is 2.54 bits per heavy atom. The summed E-state index contributed by atoms with van der Waals surface area (Å²) in [6.07, 6.45) is 1.37. The van der Waals surface area contributed by atoms with Crippen molar-refractivity contribution in [1.29, 1.82) is 5.26 Å². The standard InChI is InChI=1S/C18H13ClFN3O3/c1-25-16-3-10-13(6-17(16)26-2)22-8-9(7-21)18(10)23-14-5-15(24)11(19)4-12(14)20/h3-6,8,24H,1-2H3,(H,22,23). The molecule has 2 N–H and O–H groups in total. The molecule has 0 unspecified atom stereocenters. The van der Waals surface area contributed by atoms with Crippen LogP contribution in [0.4, 0.5) is 15.8 Å². The van der Waals surface area contributed by atoms with Gasteiger partial charge in [-0.05, 0) is 12.1 Å². The van der Waals surface area contributed by atoms with E-state index in [1.807, 2.05) is 6.07 Å². The van der Waals surface area contributed by atoms with E-state index < -0.39 is 5.82 Å². The average molecular weight is 374 g/mol. The summed E-state index contributed by atoms with van der Waals surface area (Å²) < 4.78 is 24.8. The van der Waals surface area contributed by atoms with Gasteiger partial charge in [0.1, 0.15) is 17.6 Å². The first-order valence-electron chi connectivity index (χ1n) is 7.38. The third-order valence-corrected chi connectivity index (χ3v) is 4.09. The maximum atomic E-state index is 14.2. The van der Waals surface area contributed by atoms with Crippen molar-refractivity contribution in [2.24, 2.45) is 0 Å². The van der Waals surface area contributed by atoms with E-state index in [2.05, 4.69) is 10.3 Å². The van der Waals surface area contributed by atoms with Crippen LogP contribution in [0.2, 0.25) is 5.02 Å². The third-order valence-electron chi connectivity index (χ3n) is 3.79. The molecule has 132 valence electrons. The van der Waals surface area contributed by atoms with Gasteiger partial charge in [-0.3, -0.25) is 4.98 Å². The number of phenols is 1. The molecule has 2 aromatic carbocycles. The number of pyridine rings is 1. The minimum atomic E-state index is -0.679. The number of anilines is 2. The van der Waals surface area contributed by atoms with Gasteiger partial charge in [-0.2, -0.15) is 5.26 Å². The Balaban J connectivity index is 2.24. The molecule has 3 aromatic rings. The fourth-order valence-corrected chi connectivity index (χ4v) is 2.66. The number of rotatable bonds is 4. The molecule has 0 radical (unpaired) electrons. The van der Waals surface area contributed by atoms with Crippen molar-refractivity contribution < 1.29 is 19.0 Å². The molecule has 0 aliphatic carbocycles. The average Bonchev–Trinajstić information content (AvgIpc) is 2.65. The molecular formula is C18H13ClFN3O3. The number of ether oxygens (including phenoxy) is 2. The van der Waals surface area contributed by atoms with E-state index in [-0.39, 0.29) is 22.0 Å². The molecule has 0 spiro atoms. The molecular weight excluding hydrogens is 361 g/mol. The van der Waals surface area contributed by atoms with E-state index in [1.165, 1.54) is 20.4 Å². The summed E-state index contributed by atoms with van der Waals surface area (Å²) in [6, 6.07) is 7.43. The number of phenolic OH excluding ortho intramolecular Hbond substituents is 1. The molecule has 6 nitrogen and oxygen atoms in total. The number of fused-ring (bicyclic) bond motifs is 1. The predicted octanol–water partition coefficient (Wildman–Crippen LogP) is 4.37. The van der Waals surface area contributed by atoms with Gasteiger partial charge in [0.05, 0.1) is 41.7 Å². The second-order valence-electron chi connectivity index (χ2n) is 5.29. The zero-order valence-electron chi connectivity index (χ0n) is 13.8. The number of nitrogens with zero attached hydrogens (tertiary/aromatic N) is 2. The van der Waals surface area contributed by atoms with Crippen molar-refractivity contribution >= 4 is 33.9 Å². The first-order chi connectivity index (χ1) is 12.5. The van der Waals surface area contributed by atoms with Gasteiger partial charge in [0, 0.05) is 23.7 Å². The van der Waals surface area contributed by atoms with Crippen molar-refractivity contribution in [3.8, 4) is 23.3 Å². The van der Waals surface area contributed by atoms with Crippen molar-refractivity contribution in [3.63, 3.8) is 0 Å². The molecule has 0 aliphatic rings. The Labute approximate surface area is 153 Å². The van der Waals surface area contributed by atoms with Crippen LogP contribution >= 0.6 is 11.6 Å². The molecule has 3 rings (SSSR count). The van der Waals surface area contributed by atoms with Crippen LogP contribution in [0.3, 0.4) is 0 Å². The first kappa shape index (κ1) is 17.6. The Morgan fingerprint density at radius 2 is 1.88 bits per heavy atom. The smallest absolute Gasteiger partial charge is 0.162 e. The second-order valence-corrected chi connectivity index (χ2v) is 5.70. The largest absolute Gasteiger partial charge is 0.506 e. The zero-order valence-corrected chi connectivity index (χ0v) is 14.6. The Bertz CT molecular complexity index is 1050. The van der Waals surface area contributed by atoms with Crippen LogP contribution in [0.25, 0.3) is 10.9 Å². The third kappa shape index (κ3) is 3.03. The van der Waals surface area contributed by atoms with E-state index in [4.69, 9.17) is 21.1 Å². The highest BCUT2D eigenvalue weighted by Gasteiger charge is 2.16. The number of methoxy groups -OCH3 is 2. The quantitative estimate of drug-likeness (QED) is 0.706. The molecule has 0 amide bonds. The van der Waals surface area contributed by atoms with Crippen molar-refractivity contribution in [3.05, 3.63) is 46.9 Å². The van der Waals surface area contributed by atoms with Gasteiger partial charge < -0.3 is 19.9 Å². The van der Waals surface area contributed by atoms with Crippen molar-refractivity contribution in [1.82, 2.24) is 4.98 Å². The monoisotopic (exact) mass is 373 g/mol. The lowest BCUT2D eigenvalue weighted by atomic mass is 10.1. The number of aromatic nitrogens is 1. The molecule has 1 aromatic heterocycles. The fraction of sp³-hybridized carbons (Fsp3) is 0.111. The Kier molecular flexibility index (Phi) is 4.69. The number of hydrogen-bond acceptors (Lipinski definition) is 6. The molecule has 0 saturated heterocycles. The number of hydrogen-bond donors (Lipinski definition) is 2. The lowest BCUT2D eigenvalue weighted by Gasteiger charge is -2.15. The molecule has 1 heterocycles. The molecule has 0 atom stereocenters. The van der Waals surface area contributed by atoms with E-state index in [0.717, 1.165) is 12.1 Å². The highest BCUT2D eigenvalue weighted by Crippen LogP contribution is 2.38. The lowest BCUT2D eigenvalue weighted by Crippen LogP contribution is -2.00. The van der Waals surface area contributed by atoms with Gasteiger partial charge in [0.15, 0.2) is 11.5 Å². The van der Waals surface area contributed by atoms with Crippen molar-refractivity contribution in [2.75, 3.05) is 19.5 Å². The fourth-order valence-electron chi connectivity index (χ4n) is 2.51. The first-order valence-corrected chi connectivity index (χ1v) is 7.76. The summed E-state index contributed by atoms with van der Waals surface area (Å²) in [4.78, 5) is 4.23. The number of nitriles is 1. The summed E-state index contributed by atoms with van der Waals surface area (Å²) in [5.41, 5.74) is 0.992. The second kappa shape index (κ2) is 6.94. The minimum absolute atomic E-state index is 0.0364. The van der Waals surface area contributed by atoms with Crippen LogP contribution in [0, 0.1) is 17.1 Å². The number of benzene rings is 2. The van der Waals surface area contributed by atoms with Gasteiger partial charge >= 0.3 is 0 Å². The number of halogens is 2. The SMILES string of the molecule is COc1cc2ncc(C#N)c(Nc3cc(O)c(Cl)cc3F)c2cc1OC. The summed E-state index contributed by atoms with van der Waals surface area (Å²) in [5.74, 6) is -0.0633. The van der Waals surface area contributed by atoms with Crippen LogP contribution < -0.4 is 14.8 Å². The Hall–Kier alpha value is -3.24. The normalized spacial score (nSPS) is 10.4. The summed E-state index contributed by atoms with van der Waals surface area (Å²) in [7, 11) is 2.98. The van der Waals surface area contributed by atoms with E-state index in [9.17, 15) is 14.8 Å². The summed E-state index contributed by atoms with van der Waals surface area (Å²) >= 11 is 5.70. The van der Waals surface area contributed by atoms with E-state index >= 15 is 0 Å². The zero-order chi connectivity index (χ0) is 18.8. The van der Waals surface area contributed by atoms with Gasteiger partial charge in [0.2, 0.25) is 0 Å². The maximum absolute atomic E-state index is 14.2. The van der Waals surface area contributed by atoms with E-state index in [0.29, 0.717) is 28.1 Å². The maximum Gasteiger partial charge on any atom is 0.162 e. The molecule has 0 saturated carbocycles. The van der Waals surface area contributed by atoms with Gasteiger partial charge in [-0.1, -0.05) is 11.6 Å². The van der Waals surface area contributed by atoms with Crippen molar-refractivity contribution in [2.45, 2.75) is 0 Å². The highest BCUT2D eigenvalue weighted by molar-refractivity contribution is 6.32. The number of aromatic hydroxyl groups is 1. The minimum Gasteiger partial charge on any atom is -0.506 e. The molecule has 8 heteroatoms. The van der Waals surface area contributed by atoms with Crippen LogP contribution in [0.5, 0.6) is 17.2 Å². The number of nitrogens with one attached hydrogen (secondary N) is 1. The highest BCUT2D eigenvalue weighted by atomic mass is 35.5. The van der Waals surface area contributed by atoms with Gasteiger partial charge in [-0.25, -0.2) is 4.39 Å². The molecule has 0 aliphatic heterocycles. The van der Waals surface area contributed by atoms with E-state index in [1.54, 1.807) is 12.1 Å². The molecule has 26 heavy (non-hydrogen) atoms. The van der Waals surface area contributed by atoms with Crippen LogP contribution in [-0.2, 0) is 0 Å². The lowest BCUT2D eigenvalue weighted by molar-refractivity contribution is 0.356. The topological polar surface area (TPSA) is 87.4 Å². The molecule has 0 bridgehead atoms.